The lowest BCUT2D eigenvalue weighted by Gasteiger charge is -2.13. The van der Waals surface area contributed by atoms with Crippen molar-refractivity contribution < 1.29 is 9.47 Å². The molecule has 0 aliphatic heterocycles. The quantitative estimate of drug-likeness (QED) is 0.432. The number of benzene rings is 2. The van der Waals surface area contributed by atoms with Crippen LogP contribution >= 0.6 is 11.6 Å². The maximum Gasteiger partial charge on any atom is 0.363 e. The van der Waals surface area contributed by atoms with Crippen LogP contribution in [0.4, 0.5) is 5.82 Å². The second-order valence-electron chi connectivity index (χ2n) is 6.00. The number of ether oxygens (including phenoxy) is 2. The lowest BCUT2D eigenvalue weighted by Crippen LogP contribution is -2.15. The Balaban J connectivity index is 1.71. The van der Waals surface area contributed by atoms with E-state index in [0.29, 0.717) is 35.4 Å². The van der Waals surface area contributed by atoms with Crippen LogP contribution < -0.4 is 20.6 Å². The number of nitrogens with zero attached hydrogens (tertiary/aromatic N) is 3. The van der Waals surface area contributed by atoms with E-state index in [-0.39, 0.29) is 5.82 Å². The summed E-state index contributed by atoms with van der Waals surface area (Å²) in [6, 6.07) is 13.0. The molecule has 1 heterocycles. The molecule has 3 rings (SSSR count). The first-order valence-electron chi connectivity index (χ1n) is 8.91. The number of halogens is 1. The first-order chi connectivity index (χ1) is 14.0. The fourth-order valence-corrected chi connectivity index (χ4v) is 2.66. The fourth-order valence-electron chi connectivity index (χ4n) is 2.45. The van der Waals surface area contributed by atoms with Crippen molar-refractivity contribution in [2.24, 2.45) is 5.10 Å². The number of hydrogen-bond donors (Lipinski definition) is 2. The number of hydrazone groups is 1. The molecule has 1 aromatic heterocycles. The smallest absolute Gasteiger partial charge is 0.363 e. The molecular weight excluding hydrogens is 394 g/mol. The van der Waals surface area contributed by atoms with E-state index in [1.807, 2.05) is 49.4 Å². The van der Waals surface area contributed by atoms with Gasteiger partial charge in [0.25, 0.3) is 0 Å². The van der Waals surface area contributed by atoms with Gasteiger partial charge in [0, 0.05) is 5.02 Å². The Labute approximate surface area is 172 Å². The zero-order chi connectivity index (χ0) is 20.6. The molecule has 2 N–H and O–H groups in total. The third kappa shape index (κ3) is 5.79. The van der Waals surface area contributed by atoms with E-state index in [1.54, 1.807) is 13.1 Å². The number of rotatable bonds is 8. The predicted molar refractivity (Wildman–Crippen MR) is 112 cm³/mol. The highest BCUT2D eigenvalue weighted by Gasteiger charge is 2.07. The van der Waals surface area contributed by atoms with E-state index in [9.17, 15) is 4.79 Å². The molecule has 0 amide bonds. The molecular formula is C20H20ClN5O3. The molecule has 0 atom stereocenters. The van der Waals surface area contributed by atoms with Crippen LogP contribution in [0.3, 0.4) is 0 Å². The highest BCUT2D eigenvalue weighted by Crippen LogP contribution is 2.29. The number of aromatic nitrogens is 3. The minimum atomic E-state index is -0.548. The molecule has 0 radical (unpaired) electrons. The Bertz CT molecular complexity index is 1070. The average molecular weight is 414 g/mol. The molecule has 0 spiro atoms. The summed E-state index contributed by atoms with van der Waals surface area (Å²) < 4.78 is 11.6. The van der Waals surface area contributed by atoms with Crippen molar-refractivity contribution in [1.82, 2.24) is 15.2 Å². The Hall–Kier alpha value is -3.39. The summed E-state index contributed by atoms with van der Waals surface area (Å²) in [5, 5.41) is 10.8. The molecule has 0 aliphatic rings. The molecule has 0 unspecified atom stereocenters. The molecule has 0 saturated heterocycles. The van der Waals surface area contributed by atoms with Crippen molar-refractivity contribution >= 4 is 23.6 Å². The van der Waals surface area contributed by atoms with Gasteiger partial charge in [0.2, 0.25) is 0 Å². The minimum absolute atomic E-state index is 0.288. The lowest BCUT2D eigenvalue weighted by molar-refractivity contribution is 0.269. The third-order valence-corrected chi connectivity index (χ3v) is 4.05. The van der Waals surface area contributed by atoms with Gasteiger partial charge >= 0.3 is 5.69 Å². The van der Waals surface area contributed by atoms with Gasteiger partial charge in [-0.05, 0) is 55.3 Å². The Morgan fingerprint density at radius 3 is 2.86 bits per heavy atom. The van der Waals surface area contributed by atoms with Crippen LogP contribution in [0.2, 0.25) is 5.02 Å². The average Bonchev–Trinajstić information content (AvgIpc) is 2.70. The molecule has 0 fully saturated rings. The number of nitrogens with one attached hydrogen (secondary N) is 2. The summed E-state index contributed by atoms with van der Waals surface area (Å²) in [7, 11) is 0. The summed E-state index contributed by atoms with van der Waals surface area (Å²) in [6.45, 7) is 4.47. The number of aryl methyl sites for hydroxylation is 1. The van der Waals surface area contributed by atoms with Gasteiger partial charge < -0.3 is 9.47 Å². The summed E-state index contributed by atoms with van der Waals surface area (Å²) in [4.78, 5) is 15.0. The fraction of sp³-hybridized carbons (Fsp3) is 0.200. The topological polar surface area (TPSA) is 101 Å². The summed E-state index contributed by atoms with van der Waals surface area (Å²) in [6.07, 6.45) is 1.59. The second kappa shape index (κ2) is 9.70. The standard InChI is InChI=1S/C20H20ClN5O3/c1-3-28-18-10-14(11-22-25-19-13(2)24-26-20(27)23-19)7-8-17(18)29-12-15-5-4-6-16(21)9-15/h4-11H,3,12H2,1-2H3,(H2,23,25,26,27)/b22-11-. The van der Waals surface area contributed by atoms with E-state index in [0.717, 1.165) is 11.1 Å². The van der Waals surface area contributed by atoms with Crippen LogP contribution in [-0.2, 0) is 6.61 Å². The van der Waals surface area contributed by atoms with E-state index >= 15 is 0 Å². The minimum Gasteiger partial charge on any atom is -0.490 e. The van der Waals surface area contributed by atoms with Crippen molar-refractivity contribution in [3.05, 3.63) is 74.8 Å². The van der Waals surface area contributed by atoms with Gasteiger partial charge in [-0.1, -0.05) is 23.7 Å². The summed E-state index contributed by atoms with van der Waals surface area (Å²) in [5.41, 5.74) is 4.44. The molecule has 8 nitrogen and oxygen atoms in total. The molecule has 0 aliphatic carbocycles. The van der Waals surface area contributed by atoms with Gasteiger partial charge in [0.15, 0.2) is 17.3 Å². The number of aromatic amines is 1. The van der Waals surface area contributed by atoms with Crippen molar-refractivity contribution in [3.63, 3.8) is 0 Å². The van der Waals surface area contributed by atoms with E-state index < -0.39 is 5.69 Å². The summed E-state index contributed by atoms with van der Waals surface area (Å²) in [5.74, 6) is 1.51. The summed E-state index contributed by atoms with van der Waals surface area (Å²) >= 11 is 6.01. The van der Waals surface area contributed by atoms with Gasteiger partial charge in [-0.25, -0.2) is 9.89 Å². The van der Waals surface area contributed by atoms with Crippen LogP contribution in [0.1, 0.15) is 23.7 Å². The van der Waals surface area contributed by atoms with Crippen LogP contribution in [0.25, 0.3) is 0 Å². The normalized spacial score (nSPS) is 10.9. The molecule has 3 aromatic rings. The highest BCUT2D eigenvalue weighted by atomic mass is 35.5. The van der Waals surface area contributed by atoms with Crippen LogP contribution in [-0.4, -0.2) is 28.0 Å². The lowest BCUT2D eigenvalue weighted by atomic mass is 10.2. The first kappa shape index (κ1) is 20.3. The van der Waals surface area contributed by atoms with Gasteiger partial charge in [-0.3, -0.25) is 5.43 Å². The second-order valence-corrected chi connectivity index (χ2v) is 6.44. The van der Waals surface area contributed by atoms with Crippen LogP contribution in [0, 0.1) is 6.92 Å². The van der Waals surface area contributed by atoms with Crippen LogP contribution in [0.15, 0.2) is 52.4 Å². The number of hydrogen-bond acceptors (Lipinski definition) is 7. The monoisotopic (exact) mass is 413 g/mol. The van der Waals surface area contributed by atoms with Crippen molar-refractivity contribution in [2.45, 2.75) is 20.5 Å². The number of H-pyrrole nitrogens is 1. The SMILES string of the molecule is CCOc1cc(/C=N\Nc2nc(=O)[nH]nc2C)ccc1OCc1cccc(Cl)c1. The molecule has 29 heavy (non-hydrogen) atoms. The largest absolute Gasteiger partial charge is 0.490 e. The number of anilines is 1. The maximum absolute atomic E-state index is 11.3. The molecule has 0 bridgehead atoms. The van der Waals surface area contributed by atoms with Gasteiger partial charge in [-0.2, -0.15) is 15.2 Å². The molecule has 0 saturated carbocycles. The Morgan fingerprint density at radius 1 is 1.21 bits per heavy atom. The predicted octanol–water partition coefficient (Wildman–Crippen LogP) is 3.55. The maximum atomic E-state index is 11.3. The third-order valence-electron chi connectivity index (χ3n) is 3.81. The Kier molecular flexibility index (Phi) is 6.80. The highest BCUT2D eigenvalue weighted by molar-refractivity contribution is 6.30. The molecule has 2 aromatic carbocycles. The first-order valence-corrected chi connectivity index (χ1v) is 9.29. The van der Waals surface area contributed by atoms with Gasteiger partial charge in [0.05, 0.1) is 12.8 Å². The van der Waals surface area contributed by atoms with E-state index in [2.05, 4.69) is 25.7 Å². The molecule has 9 heteroatoms. The van der Waals surface area contributed by atoms with Crippen molar-refractivity contribution in [1.29, 1.82) is 0 Å². The van der Waals surface area contributed by atoms with Crippen LogP contribution in [0.5, 0.6) is 11.5 Å². The van der Waals surface area contributed by atoms with Gasteiger partial charge in [0.1, 0.15) is 12.3 Å². The van der Waals surface area contributed by atoms with Crippen molar-refractivity contribution in [3.8, 4) is 11.5 Å². The zero-order valence-electron chi connectivity index (χ0n) is 16.0. The zero-order valence-corrected chi connectivity index (χ0v) is 16.7. The van der Waals surface area contributed by atoms with E-state index in [4.69, 9.17) is 21.1 Å². The van der Waals surface area contributed by atoms with Crippen molar-refractivity contribution in [2.75, 3.05) is 12.0 Å². The van der Waals surface area contributed by atoms with Gasteiger partial charge in [-0.15, -0.1) is 0 Å². The molecule has 150 valence electrons. The Morgan fingerprint density at radius 2 is 2.07 bits per heavy atom. The van der Waals surface area contributed by atoms with E-state index in [1.165, 1.54) is 0 Å².